The molecular weight excluding hydrogens is 338 g/mol. The Labute approximate surface area is 151 Å². The van der Waals surface area contributed by atoms with Gasteiger partial charge in [0.2, 0.25) is 5.82 Å². The molecule has 0 fully saturated rings. The molecule has 3 rings (SSSR count). The molecule has 1 aromatic heterocycles. The van der Waals surface area contributed by atoms with Gasteiger partial charge in [-0.25, -0.2) is 0 Å². The number of tetrazole rings is 1. The fourth-order valence-electron chi connectivity index (χ4n) is 2.57. The first-order valence-corrected chi connectivity index (χ1v) is 8.33. The van der Waals surface area contributed by atoms with E-state index in [1.165, 1.54) is 4.80 Å². The Bertz CT molecular complexity index is 863. The number of nitrogens with zero attached hydrogens (tertiary/aromatic N) is 5. The van der Waals surface area contributed by atoms with Crippen molar-refractivity contribution in [2.45, 2.75) is 26.4 Å². The highest BCUT2D eigenvalue weighted by molar-refractivity contribution is 6.30. The molecule has 0 aliphatic carbocycles. The Kier molecular flexibility index (Phi) is 5.09. The second-order valence-corrected chi connectivity index (χ2v) is 6.28. The molecule has 0 atom stereocenters. The van der Waals surface area contributed by atoms with E-state index in [1.54, 1.807) is 17.0 Å². The van der Waals surface area contributed by atoms with Gasteiger partial charge in [0.05, 0.1) is 0 Å². The van der Waals surface area contributed by atoms with E-state index in [0.717, 1.165) is 11.3 Å². The number of amides is 1. The third-order valence-corrected chi connectivity index (χ3v) is 3.87. The van der Waals surface area contributed by atoms with Crippen LogP contribution in [0.5, 0.6) is 0 Å². The van der Waals surface area contributed by atoms with Crippen LogP contribution in [0.15, 0.2) is 54.6 Å². The number of halogens is 1. The lowest BCUT2D eigenvalue weighted by molar-refractivity contribution is -0.119. The van der Waals surface area contributed by atoms with Crippen LogP contribution >= 0.6 is 11.6 Å². The van der Waals surface area contributed by atoms with Crippen molar-refractivity contribution in [1.82, 2.24) is 20.2 Å². The van der Waals surface area contributed by atoms with Gasteiger partial charge in [-0.2, -0.15) is 4.80 Å². The number of para-hydroxylation sites is 1. The molecule has 0 unspecified atom stereocenters. The molecule has 7 heteroatoms. The molecule has 3 aromatic rings. The van der Waals surface area contributed by atoms with Crippen molar-refractivity contribution in [3.05, 3.63) is 59.6 Å². The van der Waals surface area contributed by atoms with Crippen LogP contribution in [-0.4, -0.2) is 32.2 Å². The summed E-state index contributed by atoms with van der Waals surface area (Å²) in [6.07, 6.45) is 0. The van der Waals surface area contributed by atoms with Crippen LogP contribution in [0.25, 0.3) is 11.4 Å². The first kappa shape index (κ1) is 17.1. The third-order valence-electron chi connectivity index (χ3n) is 3.63. The number of hydrogen-bond acceptors (Lipinski definition) is 4. The predicted molar refractivity (Wildman–Crippen MR) is 97.3 cm³/mol. The van der Waals surface area contributed by atoms with Crippen LogP contribution in [0.1, 0.15) is 13.8 Å². The minimum Gasteiger partial charge on any atom is -0.308 e. The smallest absolute Gasteiger partial charge is 0.250 e. The third kappa shape index (κ3) is 4.03. The highest BCUT2D eigenvalue weighted by atomic mass is 35.5. The van der Waals surface area contributed by atoms with E-state index < -0.39 is 0 Å². The first-order chi connectivity index (χ1) is 12.0. The molecule has 0 bridgehead atoms. The van der Waals surface area contributed by atoms with Gasteiger partial charge in [0.1, 0.15) is 6.54 Å². The van der Waals surface area contributed by atoms with Crippen molar-refractivity contribution < 1.29 is 4.79 Å². The molecule has 0 radical (unpaired) electrons. The van der Waals surface area contributed by atoms with Crippen LogP contribution in [0.2, 0.25) is 5.02 Å². The van der Waals surface area contributed by atoms with Gasteiger partial charge in [-0.3, -0.25) is 4.79 Å². The highest BCUT2D eigenvalue weighted by Crippen LogP contribution is 2.19. The molecule has 0 spiro atoms. The SMILES string of the molecule is CC(C)N(C(=O)Cn1nnc(-c2cccc(Cl)c2)n1)c1ccccc1. The van der Waals surface area contributed by atoms with Gasteiger partial charge in [0.25, 0.3) is 5.91 Å². The summed E-state index contributed by atoms with van der Waals surface area (Å²) >= 11 is 5.99. The van der Waals surface area contributed by atoms with Crippen molar-refractivity contribution in [3.8, 4) is 11.4 Å². The van der Waals surface area contributed by atoms with E-state index in [0.29, 0.717) is 10.8 Å². The zero-order valence-electron chi connectivity index (χ0n) is 14.0. The van der Waals surface area contributed by atoms with E-state index >= 15 is 0 Å². The topological polar surface area (TPSA) is 63.9 Å². The number of rotatable bonds is 5. The van der Waals surface area contributed by atoms with E-state index in [9.17, 15) is 4.79 Å². The van der Waals surface area contributed by atoms with Gasteiger partial charge < -0.3 is 4.90 Å². The maximum Gasteiger partial charge on any atom is 0.250 e. The van der Waals surface area contributed by atoms with Crippen LogP contribution in [0.3, 0.4) is 0 Å². The van der Waals surface area contributed by atoms with Gasteiger partial charge in [-0.05, 0) is 43.3 Å². The summed E-state index contributed by atoms with van der Waals surface area (Å²) in [5.74, 6) is 0.336. The highest BCUT2D eigenvalue weighted by Gasteiger charge is 2.20. The molecular formula is C18H18ClN5O. The molecule has 2 aromatic carbocycles. The molecule has 25 heavy (non-hydrogen) atoms. The molecule has 6 nitrogen and oxygen atoms in total. The van der Waals surface area contributed by atoms with Crippen LogP contribution in [0, 0.1) is 0 Å². The second-order valence-electron chi connectivity index (χ2n) is 5.85. The fourth-order valence-corrected chi connectivity index (χ4v) is 2.76. The number of carbonyl (C=O) groups excluding carboxylic acids is 1. The summed E-state index contributed by atoms with van der Waals surface area (Å²) < 4.78 is 0. The molecule has 0 saturated carbocycles. The Morgan fingerprint density at radius 2 is 1.92 bits per heavy atom. The zero-order valence-corrected chi connectivity index (χ0v) is 14.8. The number of aromatic nitrogens is 4. The van der Waals surface area contributed by atoms with Crippen LogP contribution < -0.4 is 4.90 Å². The number of carbonyl (C=O) groups is 1. The number of hydrogen-bond donors (Lipinski definition) is 0. The average molecular weight is 356 g/mol. The Balaban J connectivity index is 1.79. The van der Waals surface area contributed by atoms with Crippen molar-refractivity contribution in [1.29, 1.82) is 0 Å². The summed E-state index contributed by atoms with van der Waals surface area (Å²) in [5, 5.41) is 12.9. The number of benzene rings is 2. The van der Waals surface area contributed by atoms with Gasteiger partial charge in [0, 0.05) is 22.3 Å². The second kappa shape index (κ2) is 7.44. The van der Waals surface area contributed by atoms with E-state index in [2.05, 4.69) is 15.4 Å². The molecule has 0 aliphatic heterocycles. The molecule has 0 aliphatic rings. The first-order valence-electron chi connectivity index (χ1n) is 7.95. The lowest BCUT2D eigenvalue weighted by Gasteiger charge is -2.26. The van der Waals surface area contributed by atoms with Crippen molar-refractivity contribution >= 4 is 23.2 Å². The number of anilines is 1. The zero-order chi connectivity index (χ0) is 17.8. The van der Waals surface area contributed by atoms with Gasteiger partial charge in [0.15, 0.2) is 0 Å². The monoisotopic (exact) mass is 355 g/mol. The quantitative estimate of drug-likeness (QED) is 0.703. The minimum atomic E-state index is -0.101. The maximum atomic E-state index is 12.7. The summed E-state index contributed by atoms with van der Waals surface area (Å²) in [5.41, 5.74) is 1.60. The van der Waals surface area contributed by atoms with Crippen molar-refractivity contribution in [2.75, 3.05) is 4.90 Å². The summed E-state index contributed by atoms with van der Waals surface area (Å²) in [6.45, 7) is 3.95. The van der Waals surface area contributed by atoms with Crippen LogP contribution in [0.4, 0.5) is 5.69 Å². The lowest BCUT2D eigenvalue weighted by atomic mass is 10.2. The molecule has 0 saturated heterocycles. The fraction of sp³-hybridized carbons (Fsp3) is 0.222. The summed E-state index contributed by atoms with van der Waals surface area (Å²) in [7, 11) is 0. The van der Waals surface area contributed by atoms with Crippen LogP contribution in [-0.2, 0) is 11.3 Å². The van der Waals surface area contributed by atoms with Gasteiger partial charge in [-0.1, -0.05) is 41.9 Å². The molecule has 1 amide bonds. The Morgan fingerprint density at radius 1 is 1.16 bits per heavy atom. The Morgan fingerprint density at radius 3 is 2.60 bits per heavy atom. The molecule has 128 valence electrons. The summed E-state index contributed by atoms with van der Waals surface area (Å²) in [4.78, 5) is 15.8. The maximum absolute atomic E-state index is 12.7. The predicted octanol–water partition coefficient (Wildman–Crippen LogP) is 3.44. The van der Waals surface area contributed by atoms with Crippen molar-refractivity contribution in [2.24, 2.45) is 0 Å². The standard InChI is InChI=1S/C18H18ClN5O/c1-13(2)24(16-9-4-3-5-10-16)17(25)12-23-21-18(20-22-23)14-7-6-8-15(19)11-14/h3-11,13H,12H2,1-2H3. The molecule has 0 N–H and O–H groups in total. The largest absolute Gasteiger partial charge is 0.308 e. The van der Waals surface area contributed by atoms with E-state index in [4.69, 9.17) is 11.6 Å². The normalized spacial score (nSPS) is 10.9. The molecule has 1 heterocycles. The van der Waals surface area contributed by atoms with Gasteiger partial charge >= 0.3 is 0 Å². The average Bonchev–Trinajstić information content (AvgIpc) is 3.04. The van der Waals surface area contributed by atoms with E-state index in [-0.39, 0.29) is 18.5 Å². The summed E-state index contributed by atoms with van der Waals surface area (Å²) in [6, 6.07) is 16.8. The van der Waals surface area contributed by atoms with E-state index in [1.807, 2.05) is 56.3 Å². The Hall–Kier alpha value is -2.73. The minimum absolute atomic E-state index is 0.0145. The van der Waals surface area contributed by atoms with Gasteiger partial charge in [-0.15, -0.1) is 10.2 Å². The van der Waals surface area contributed by atoms with Crippen molar-refractivity contribution in [3.63, 3.8) is 0 Å². The lowest BCUT2D eigenvalue weighted by Crippen LogP contribution is -2.39.